The van der Waals surface area contributed by atoms with Gasteiger partial charge in [-0.1, -0.05) is 57.5 Å². The Bertz CT molecular complexity index is 553. The molecule has 1 aromatic carbocycles. The number of benzene rings is 1. The second-order valence-electron chi connectivity index (χ2n) is 5.76. The van der Waals surface area contributed by atoms with Gasteiger partial charge in [0.1, 0.15) is 0 Å². The van der Waals surface area contributed by atoms with E-state index in [0.717, 1.165) is 5.56 Å². The first-order valence-corrected chi connectivity index (χ1v) is 9.65. The fraction of sp³-hybridized carbons (Fsp3) is 0.588. The summed E-state index contributed by atoms with van der Waals surface area (Å²) < 4.78 is 17.4. The lowest BCUT2D eigenvalue weighted by molar-refractivity contribution is -0.149. The average molecular weight is 342 g/mol. The van der Waals surface area contributed by atoms with Gasteiger partial charge in [0.2, 0.25) is 0 Å². The normalized spacial score (nSPS) is 17.1. The molecule has 0 aliphatic heterocycles. The molecule has 0 aromatic heterocycles. The van der Waals surface area contributed by atoms with Crippen molar-refractivity contribution in [1.29, 1.82) is 0 Å². The van der Waals surface area contributed by atoms with Crippen molar-refractivity contribution in [1.82, 2.24) is 0 Å². The Kier molecular flexibility index (Phi) is 7.00. The van der Waals surface area contributed by atoms with Crippen LogP contribution >= 0.6 is 7.60 Å². The highest BCUT2D eigenvalue weighted by Gasteiger charge is 2.59. The molecule has 0 amide bonds. The number of carbonyl (C=O) groups excluding carboxylic acids is 1. The molecule has 0 fully saturated rings. The van der Waals surface area contributed by atoms with Crippen LogP contribution in [0.2, 0.25) is 0 Å². The van der Waals surface area contributed by atoms with Crippen molar-refractivity contribution in [3.05, 3.63) is 35.9 Å². The monoisotopic (exact) mass is 342 g/mol. The third-order valence-electron chi connectivity index (χ3n) is 4.67. The minimum absolute atomic E-state index is 0.0335. The van der Waals surface area contributed by atoms with Gasteiger partial charge in [0.15, 0.2) is 5.16 Å². The third kappa shape index (κ3) is 3.85. The van der Waals surface area contributed by atoms with E-state index in [4.69, 9.17) is 4.74 Å². The molecule has 23 heavy (non-hydrogen) atoms. The summed E-state index contributed by atoms with van der Waals surface area (Å²) in [7, 11) is -4.71. The summed E-state index contributed by atoms with van der Waals surface area (Å²) >= 11 is 0. The van der Waals surface area contributed by atoms with Crippen LogP contribution in [0.15, 0.2) is 30.3 Å². The molecule has 0 spiro atoms. The van der Waals surface area contributed by atoms with E-state index in [1.54, 1.807) is 13.8 Å². The number of ether oxygens (including phenoxy) is 1. The molecule has 0 bridgehead atoms. The van der Waals surface area contributed by atoms with Crippen molar-refractivity contribution >= 4 is 13.6 Å². The molecule has 0 saturated carbocycles. The van der Waals surface area contributed by atoms with Gasteiger partial charge in [0, 0.05) is 0 Å². The highest BCUT2D eigenvalue weighted by atomic mass is 31.2. The molecule has 0 radical (unpaired) electrons. The van der Waals surface area contributed by atoms with Gasteiger partial charge in [0.25, 0.3) is 0 Å². The topological polar surface area (TPSA) is 83.8 Å². The summed E-state index contributed by atoms with van der Waals surface area (Å²) in [4.78, 5) is 32.6. The lowest BCUT2D eigenvalue weighted by atomic mass is 9.75. The fourth-order valence-corrected chi connectivity index (χ4v) is 5.00. The van der Waals surface area contributed by atoms with Crippen LogP contribution in [0, 0.1) is 5.92 Å². The number of rotatable bonds is 8. The molecule has 1 aromatic rings. The lowest BCUT2D eigenvalue weighted by Crippen LogP contribution is -2.48. The first kappa shape index (κ1) is 19.9. The van der Waals surface area contributed by atoms with Crippen LogP contribution in [0.3, 0.4) is 0 Å². The quantitative estimate of drug-likeness (QED) is 0.556. The van der Waals surface area contributed by atoms with Gasteiger partial charge in [-0.05, 0) is 30.7 Å². The van der Waals surface area contributed by atoms with E-state index in [9.17, 15) is 19.1 Å². The van der Waals surface area contributed by atoms with Gasteiger partial charge in [0.05, 0.1) is 6.61 Å². The Hall–Kier alpha value is -1.16. The van der Waals surface area contributed by atoms with Crippen molar-refractivity contribution in [2.24, 2.45) is 5.92 Å². The summed E-state index contributed by atoms with van der Waals surface area (Å²) in [6.45, 7) is 7.12. The molecule has 0 heterocycles. The molecule has 0 aliphatic carbocycles. The second kappa shape index (κ2) is 8.09. The second-order valence-corrected chi connectivity index (χ2v) is 7.64. The molecule has 6 heteroatoms. The van der Waals surface area contributed by atoms with Crippen LogP contribution in [0.5, 0.6) is 0 Å². The number of esters is 1. The molecule has 0 aliphatic rings. The van der Waals surface area contributed by atoms with Crippen LogP contribution < -0.4 is 0 Å². The lowest BCUT2D eigenvalue weighted by Gasteiger charge is -2.40. The van der Waals surface area contributed by atoms with Gasteiger partial charge < -0.3 is 14.5 Å². The fourth-order valence-electron chi connectivity index (χ4n) is 3.45. The van der Waals surface area contributed by atoms with E-state index in [0.29, 0.717) is 6.42 Å². The molecule has 1 rings (SSSR count). The Balaban J connectivity index is 3.43. The molecule has 5 nitrogen and oxygen atoms in total. The van der Waals surface area contributed by atoms with E-state index in [1.165, 1.54) is 0 Å². The van der Waals surface area contributed by atoms with E-state index >= 15 is 0 Å². The van der Waals surface area contributed by atoms with E-state index in [2.05, 4.69) is 0 Å². The van der Waals surface area contributed by atoms with Crippen LogP contribution in [-0.2, 0) is 14.1 Å². The molecule has 3 atom stereocenters. The number of hydrogen-bond donors (Lipinski definition) is 2. The van der Waals surface area contributed by atoms with Crippen molar-refractivity contribution in [2.75, 3.05) is 6.61 Å². The highest BCUT2D eigenvalue weighted by molar-refractivity contribution is 7.54. The predicted octanol–water partition coefficient (Wildman–Crippen LogP) is 3.71. The zero-order valence-corrected chi connectivity index (χ0v) is 15.1. The first-order valence-electron chi connectivity index (χ1n) is 8.03. The maximum absolute atomic E-state index is 12.6. The largest absolute Gasteiger partial charge is 0.465 e. The van der Waals surface area contributed by atoms with Gasteiger partial charge in [-0.2, -0.15) is 0 Å². The minimum atomic E-state index is -4.71. The van der Waals surface area contributed by atoms with Gasteiger partial charge in [-0.25, -0.2) is 0 Å². The van der Waals surface area contributed by atoms with Crippen LogP contribution in [0.1, 0.15) is 52.0 Å². The third-order valence-corrected chi connectivity index (χ3v) is 6.54. The van der Waals surface area contributed by atoms with Crippen LogP contribution in [-0.4, -0.2) is 27.5 Å². The molecular formula is C17H27O5P. The summed E-state index contributed by atoms with van der Waals surface area (Å²) in [5.74, 6) is -1.50. The number of hydrogen-bond acceptors (Lipinski definition) is 3. The molecule has 2 N–H and O–H groups in total. The van der Waals surface area contributed by atoms with Crippen molar-refractivity contribution < 1.29 is 23.9 Å². The molecular weight excluding hydrogens is 315 g/mol. The van der Waals surface area contributed by atoms with Crippen molar-refractivity contribution in [3.8, 4) is 0 Å². The maximum Gasteiger partial charge on any atom is 0.343 e. The SMILES string of the molecule is CCOC(=O)C(CC)(C(CC)C(C)c1ccccc1)P(=O)(O)O. The van der Waals surface area contributed by atoms with Gasteiger partial charge >= 0.3 is 13.6 Å². The van der Waals surface area contributed by atoms with Crippen molar-refractivity contribution in [3.63, 3.8) is 0 Å². The van der Waals surface area contributed by atoms with E-state index in [-0.39, 0.29) is 18.9 Å². The Morgan fingerprint density at radius 3 is 2.17 bits per heavy atom. The van der Waals surface area contributed by atoms with Crippen molar-refractivity contribution in [2.45, 2.75) is 51.6 Å². The Morgan fingerprint density at radius 2 is 1.78 bits per heavy atom. The van der Waals surface area contributed by atoms with Crippen LogP contribution in [0.4, 0.5) is 0 Å². The molecule has 0 saturated heterocycles. The standard InChI is InChI=1S/C17H27O5P/c1-5-15(13(4)14-11-9-8-10-12-14)17(6-2,23(19,20)21)16(18)22-7-3/h8-13,15H,5-7H2,1-4H3,(H2,19,20,21). The zero-order chi connectivity index (χ0) is 17.7. The van der Waals surface area contributed by atoms with Crippen LogP contribution in [0.25, 0.3) is 0 Å². The van der Waals surface area contributed by atoms with Gasteiger partial charge in [-0.15, -0.1) is 0 Å². The Morgan fingerprint density at radius 1 is 1.22 bits per heavy atom. The molecule has 3 unspecified atom stereocenters. The highest BCUT2D eigenvalue weighted by Crippen LogP contribution is 2.60. The average Bonchev–Trinajstić information content (AvgIpc) is 2.51. The number of carbonyl (C=O) groups is 1. The summed E-state index contributed by atoms with van der Waals surface area (Å²) in [6.07, 6.45) is 0.500. The maximum atomic E-state index is 12.6. The summed E-state index contributed by atoms with van der Waals surface area (Å²) in [5, 5.41) is -1.81. The summed E-state index contributed by atoms with van der Waals surface area (Å²) in [5.41, 5.74) is 0.954. The minimum Gasteiger partial charge on any atom is -0.465 e. The predicted molar refractivity (Wildman–Crippen MR) is 90.3 cm³/mol. The summed E-state index contributed by atoms with van der Waals surface area (Å²) in [6, 6.07) is 9.48. The molecule has 130 valence electrons. The smallest absolute Gasteiger partial charge is 0.343 e. The first-order chi connectivity index (χ1) is 10.8. The van der Waals surface area contributed by atoms with E-state index < -0.39 is 24.6 Å². The van der Waals surface area contributed by atoms with Gasteiger partial charge in [-0.3, -0.25) is 9.36 Å². The zero-order valence-electron chi connectivity index (χ0n) is 14.2. The Labute approximate surface area is 138 Å². The van der Waals surface area contributed by atoms with E-state index in [1.807, 2.05) is 44.2 Å².